The Hall–Kier alpha value is -4.26. The summed E-state index contributed by atoms with van der Waals surface area (Å²) < 4.78 is 16.0. The van der Waals surface area contributed by atoms with Crippen LogP contribution in [0.1, 0.15) is 28.3 Å². The van der Waals surface area contributed by atoms with Crippen LogP contribution in [-0.4, -0.2) is 43.0 Å². The van der Waals surface area contributed by atoms with Crippen LogP contribution in [0.5, 0.6) is 17.2 Å². The van der Waals surface area contributed by atoms with Gasteiger partial charge in [0.05, 0.1) is 32.9 Å². The highest BCUT2D eigenvalue weighted by atomic mass is 16.5. The van der Waals surface area contributed by atoms with Gasteiger partial charge in [-0.25, -0.2) is 0 Å². The lowest BCUT2D eigenvalue weighted by Gasteiger charge is -2.26. The molecule has 1 aliphatic heterocycles. The van der Waals surface area contributed by atoms with Crippen LogP contribution in [0.25, 0.3) is 5.76 Å². The normalized spacial score (nSPS) is 16.9. The van der Waals surface area contributed by atoms with E-state index in [1.165, 1.54) is 12.0 Å². The molecule has 0 spiro atoms. The zero-order valence-electron chi connectivity index (χ0n) is 20.1. The summed E-state index contributed by atoms with van der Waals surface area (Å²) in [4.78, 5) is 27.9. The number of benzene rings is 3. The molecule has 0 saturated carbocycles. The molecule has 180 valence electrons. The molecule has 3 aromatic rings. The van der Waals surface area contributed by atoms with Crippen molar-refractivity contribution in [3.8, 4) is 17.2 Å². The molecule has 3 aromatic carbocycles. The molecule has 0 aliphatic carbocycles. The molecule has 7 heteroatoms. The predicted octanol–water partition coefficient (Wildman–Crippen LogP) is 4.64. The highest BCUT2D eigenvalue weighted by Crippen LogP contribution is 2.41. The third kappa shape index (κ3) is 4.57. The molecule has 0 aromatic heterocycles. The van der Waals surface area contributed by atoms with Crippen LogP contribution in [0.15, 0.2) is 72.3 Å². The average Bonchev–Trinajstić information content (AvgIpc) is 3.13. The van der Waals surface area contributed by atoms with Gasteiger partial charge in [-0.15, -0.1) is 0 Å². The molecule has 0 bridgehead atoms. The van der Waals surface area contributed by atoms with E-state index in [1.54, 1.807) is 62.8 Å². The van der Waals surface area contributed by atoms with Crippen molar-refractivity contribution in [3.63, 3.8) is 0 Å². The first kappa shape index (κ1) is 23.9. The molecule has 1 heterocycles. The lowest BCUT2D eigenvalue weighted by atomic mass is 9.95. The van der Waals surface area contributed by atoms with Crippen molar-refractivity contribution in [2.75, 3.05) is 21.3 Å². The predicted molar refractivity (Wildman–Crippen MR) is 132 cm³/mol. The Kier molecular flexibility index (Phi) is 6.78. The fraction of sp³-hybridized carbons (Fsp3) is 0.214. The topological polar surface area (TPSA) is 85.3 Å². The van der Waals surface area contributed by atoms with E-state index in [0.29, 0.717) is 28.4 Å². The third-order valence-electron chi connectivity index (χ3n) is 6.10. The average molecular weight is 474 g/mol. The summed E-state index contributed by atoms with van der Waals surface area (Å²) in [5.41, 5.74) is 2.96. The minimum absolute atomic E-state index is 0.0458. The van der Waals surface area contributed by atoms with E-state index in [4.69, 9.17) is 14.2 Å². The fourth-order valence-electron chi connectivity index (χ4n) is 4.22. The first-order chi connectivity index (χ1) is 16.9. The molecule has 1 saturated heterocycles. The SMILES string of the molecule is COc1ccc(C2/C(=C(\O)c3ccc(C)cc3)C(=O)C(=O)N2Cc2ccc(OC)c(OC)c2)cc1. The van der Waals surface area contributed by atoms with Crippen LogP contribution in [0.3, 0.4) is 0 Å². The number of ketones is 1. The molecule has 1 fully saturated rings. The number of carbonyl (C=O) groups is 2. The van der Waals surface area contributed by atoms with Gasteiger partial charge in [-0.2, -0.15) is 0 Å². The molecular formula is C28H27NO6. The number of aryl methyl sites for hydroxylation is 1. The van der Waals surface area contributed by atoms with Gasteiger partial charge in [-0.1, -0.05) is 48.0 Å². The van der Waals surface area contributed by atoms with Gasteiger partial charge in [0.2, 0.25) is 0 Å². The van der Waals surface area contributed by atoms with Crippen LogP contribution < -0.4 is 14.2 Å². The third-order valence-corrected chi connectivity index (χ3v) is 6.10. The van der Waals surface area contributed by atoms with Crippen molar-refractivity contribution < 1.29 is 28.9 Å². The Balaban J connectivity index is 1.83. The minimum Gasteiger partial charge on any atom is -0.507 e. The smallest absolute Gasteiger partial charge is 0.295 e. The van der Waals surface area contributed by atoms with Crippen molar-refractivity contribution in [1.82, 2.24) is 4.90 Å². The summed E-state index contributed by atoms with van der Waals surface area (Å²) in [5.74, 6) is 0.0911. The van der Waals surface area contributed by atoms with Crippen LogP contribution in [0.2, 0.25) is 0 Å². The zero-order valence-corrected chi connectivity index (χ0v) is 20.1. The van der Waals surface area contributed by atoms with Gasteiger partial charge in [0.25, 0.3) is 11.7 Å². The van der Waals surface area contributed by atoms with Gasteiger partial charge in [-0.05, 0) is 42.3 Å². The quantitative estimate of drug-likeness (QED) is 0.306. The highest BCUT2D eigenvalue weighted by Gasteiger charge is 2.46. The minimum atomic E-state index is -0.782. The maximum atomic E-state index is 13.2. The first-order valence-corrected chi connectivity index (χ1v) is 11.1. The standard InChI is InChI=1S/C28H27NO6/c1-17-5-8-20(9-6-17)26(30)24-25(19-10-12-21(33-2)13-11-19)29(28(32)27(24)31)16-18-7-14-22(34-3)23(15-18)35-4/h5-15,25,30H,16H2,1-4H3/b26-24+. The number of nitrogens with zero attached hydrogens (tertiary/aromatic N) is 1. The Morgan fingerprint density at radius 1 is 0.857 bits per heavy atom. The van der Waals surface area contributed by atoms with Crippen molar-refractivity contribution in [1.29, 1.82) is 0 Å². The van der Waals surface area contributed by atoms with Crippen molar-refractivity contribution in [2.45, 2.75) is 19.5 Å². The molecule has 4 rings (SSSR count). The molecule has 1 N–H and O–H groups in total. The van der Waals surface area contributed by atoms with Crippen molar-refractivity contribution in [2.24, 2.45) is 0 Å². The van der Waals surface area contributed by atoms with E-state index in [-0.39, 0.29) is 17.9 Å². The lowest BCUT2D eigenvalue weighted by molar-refractivity contribution is -0.140. The molecule has 1 aliphatic rings. The molecule has 1 amide bonds. The van der Waals surface area contributed by atoms with E-state index >= 15 is 0 Å². The molecule has 7 nitrogen and oxygen atoms in total. The van der Waals surface area contributed by atoms with E-state index in [0.717, 1.165) is 11.1 Å². The number of carbonyl (C=O) groups excluding carboxylic acids is 2. The van der Waals surface area contributed by atoms with Gasteiger partial charge in [0, 0.05) is 12.1 Å². The Labute approximate surface area is 204 Å². The van der Waals surface area contributed by atoms with Gasteiger partial charge in [-0.3, -0.25) is 9.59 Å². The van der Waals surface area contributed by atoms with Crippen molar-refractivity contribution >= 4 is 17.4 Å². The summed E-state index contributed by atoms with van der Waals surface area (Å²) in [6.07, 6.45) is 0. The van der Waals surface area contributed by atoms with Gasteiger partial charge >= 0.3 is 0 Å². The molecule has 0 radical (unpaired) electrons. The van der Waals surface area contributed by atoms with Crippen LogP contribution in [-0.2, 0) is 16.1 Å². The van der Waals surface area contributed by atoms with Crippen LogP contribution >= 0.6 is 0 Å². The number of aliphatic hydroxyl groups is 1. The summed E-state index contributed by atoms with van der Waals surface area (Å²) in [7, 11) is 4.65. The second kappa shape index (κ2) is 9.93. The number of aliphatic hydroxyl groups excluding tert-OH is 1. The molecule has 1 atom stereocenters. The fourth-order valence-corrected chi connectivity index (χ4v) is 4.22. The van der Waals surface area contributed by atoms with Crippen molar-refractivity contribution in [3.05, 3.63) is 94.6 Å². The maximum absolute atomic E-state index is 13.2. The highest BCUT2D eigenvalue weighted by molar-refractivity contribution is 6.46. The number of methoxy groups -OCH3 is 3. The first-order valence-electron chi connectivity index (χ1n) is 11.1. The molecule has 1 unspecified atom stereocenters. The van der Waals surface area contributed by atoms with E-state index < -0.39 is 17.7 Å². The van der Waals surface area contributed by atoms with Crippen LogP contribution in [0, 0.1) is 6.92 Å². The number of hydrogen-bond donors (Lipinski definition) is 1. The second-order valence-corrected chi connectivity index (χ2v) is 8.26. The number of rotatable bonds is 7. The number of likely N-dealkylation sites (tertiary alicyclic amines) is 1. The molecule has 35 heavy (non-hydrogen) atoms. The van der Waals surface area contributed by atoms with Gasteiger partial charge < -0.3 is 24.2 Å². The zero-order chi connectivity index (χ0) is 25.1. The monoisotopic (exact) mass is 473 g/mol. The Morgan fingerprint density at radius 3 is 2.11 bits per heavy atom. The number of hydrogen-bond acceptors (Lipinski definition) is 6. The lowest BCUT2D eigenvalue weighted by Crippen LogP contribution is -2.29. The largest absolute Gasteiger partial charge is 0.507 e. The number of amides is 1. The van der Waals surface area contributed by atoms with E-state index in [9.17, 15) is 14.7 Å². The molecular weight excluding hydrogens is 446 g/mol. The Morgan fingerprint density at radius 2 is 1.51 bits per heavy atom. The van der Waals surface area contributed by atoms with Gasteiger partial charge in [0.1, 0.15) is 11.5 Å². The maximum Gasteiger partial charge on any atom is 0.295 e. The summed E-state index contributed by atoms with van der Waals surface area (Å²) in [6.45, 7) is 2.07. The summed E-state index contributed by atoms with van der Waals surface area (Å²) in [6, 6.07) is 18.8. The Bertz CT molecular complexity index is 1280. The second-order valence-electron chi connectivity index (χ2n) is 8.26. The number of Topliss-reactive ketones (excluding diaryl/α,β-unsaturated/α-hetero) is 1. The summed E-state index contributed by atoms with van der Waals surface area (Å²) in [5, 5.41) is 11.2. The van der Waals surface area contributed by atoms with E-state index in [1.807, 2.05) is 25.1 Å². The van der Waals surface area contributed by atoms with Crippen LogP contribution in [0.4, 0.5) is 0 Å². The summed E-state index contributed by atoms with van der Waals surface area (Å²) >= 11 is 0. The van der Waals surface area contributed by atoms with Gasteiger partial charge in [0.15, 0.2) is 11.5 Å². The number of ether oxygens (including phenoxy) is 3. The van der Waals surface area contributed by atoms with E-state index in [2.05, 4.69) is 0 Å².